The van der Waals surface area contributed by atoms with Crippen LogP contribution in [0.2, 0.25) is 0 Å². The van der Waals surface area contributed by atoms with Crippen molar-refractivity contribution < 1.29 is 8.81 Å². The minimum absolute atomic E-state index is 0.255. The highest BCUT2D eigenvalue weighted by Crippen LogP contribution is 2.31. The number of benzene rings is 1. The fourth-order valence-electron chi connectivity index (χ4n) is 4.62. The fourth-order valence-corrected chi connectivity index (χ4v) is 5.53. The topological polar surface area (TPSA) is 60.0 Å². The van der Waals surface area contributed by atoms with Gasteiger partial charge < -0.3 is 9.32 Å². The number of hydrogen-bond donors (Lipinski definition) is 0. The van der Waals surface area contributed by atoms with Gasteiger partial charge in [0.1, 0.15) is 11.6 Å². The summed E-state index contributed by atoms with van der Waals surface area (Å²) in [6.45, 7) is 7.05. The lowest BCUT2D eigenvalue weighted by Gasteiger charge is -2.35. The molecule has 6 nitrogen and oxygen atoms in total. The van der Waals surface area contributed by atoms with Crippen molar-refractivity contribution in [1.29, 1.82) is 0 Å². The summed E-state index contributed by atoms with van der Waals surface area (Å²) in [6, 6.07) is 10.6. The van der Waals surface area contributed by atoms with Crippen LogP contribution in [-0.4, -0.2) is 32.8 Å². The second kappa shape index (κ2) is 8.94. The van der Waals surface area contributed by atoms with E-state index >= 15 is 0 Å². The molecular formula is C24H26FN5OS. The van der Waals surface area contributed by atoms with Crippen molar-refractivity contribution in [2.24, 2.45) is 11.8 Å². The predicted octanol–water partition coefficient (Wildman–Crippen LogP) is 5.38. The number of furan rings is 1. The average molecular weight is 452 g/mol. The number of hydrogen-bond acceptors (Lipinski definition) is 6. The van der Waals surface area contributed by atoms with E-state index in [1.165, 1.54) is 12.5 Å². The van der Waals surface area contributed by atoms with Gasteiger partial charge in [-0.3, -0.25) is 9.55 Å². The van der Waals surface area contributed by atoms with Crippen molar-refractivity contribution in [3.05, 3.63) is 66.0 Å². The largest absolute Gasteiger partial charge is 0.467 e. The molecule has 1 aromatic carbocycles. The smallest absolute Gasteiger partial charge is 0.228 e. The second-order valence-corrected chi connectivity index (χ2v) is 9.67. The third kappa shape index (κ3) is 4.37. The SMILES string of the molecule is CC1CC(C)CN(c2nnc(SCc3cc(F)cc4cccnc34)n2Cc2ccco2)C1. The van der Waals surface area contributed by atoms with E-state index in [-0.39, 0.29) is 5.82 Å². The van der Waals surface area contributed by atoms with Gasteiger partial charge in [-0.25, -0.2) is 4.39 Å². The van der Waals surface area contributed by atoms with Gasteiger partial charge in [-0.2, -0.15) is 0 Å². The quantitative estimate of drug-likeness (QED) is 0.367. The molecule has 0 N–H and O–H groups in total. The molecule has 0 saturated carbocycles. The first-order chi connectivity index (χ1) is 15.6. The Kier molecular flexibility index (Phi) is 5.87. The highest BCUT2D eigenvalue weighted by molar-refractivity contribution is 7.98. The highest BCUT2D eigenvalue weighted by Gasteiger charge is 2.27. The van der Waals surface area contributed by atoms with Gasteiger partial charge in [-0.1, -0.05) is 31.7 Å². The predicted molar refractivity (Wildman–Crippen MR) is 124 cm³/mol. The average Bonchev–Trinajstić information content (AvgIpc) is 3.41. The van der Waals surface area contributed by atoms with Crippen LogP contribution in [0.5, 0.6) is 0 Å². The Balaban J connectivity index is 1.46. The molecule has 1 fully saturated rings. The number of aromatic nitrogens is 4. The number of nitrogens with zero attached hydrogens (tertiary/aromatic N) is 5. The molecular weight excluding hydrogens is 425 g/mol. The van der Waals surface area contributed by atoms with E-state index in [9.17, 15) is 4.39 Å². The summed E-state index contributed by atoms with van der Waals surface area (Å²) in [5.41, 5.74) is 1.66. The fraction of sp³-hybridized carbons (Fsp3) is 0.375. The second-order valence-electron chi connectivity index (χ2n) is 8.73. The summed E-state index contributed by atoms with van der Waals surface area (Å²) >= 11 is 1.55. The Morgan fingerprint density at radius 1 is 1.12 bits per heavy atom. The van der Waals surface area contributed by atoms with Gasteiger partial charge in [-0.05, 0) is 54.2 Å². The van der Waals surface area contributed by atoms with Crippen LogP contribution in [0.3, 0.4) is 0 Å². The van der Waals surface area contributed by atoms with Crippen LogP contribution in [-0.2, 0) is 12.3 Å². The monoisotopic (exact) mass is 451 g/mol. The van der Waals surface area contributed by atoms with E-state index in [4.69, 9.17) is 4.42 Å². The zero-order valence-electron chi connectivity index (χ0n) is 18.2. The summed E-state index contributed by atoms with van der Waals surface area (Å²) in [4.78, 5) is 6.80. The van der Waals surface area contributed by atoms with Gasteiger partial charge in [0, 0.05) is 30.4 Å². The summed E-state index contributed by atoms with van der Waals surface area (Å²) in [5, 5.41) is 10.7. The molecule has 4 heterocycles. The first-order valence-corrected chi connectivity index (χ1v) is 11.9. The van der Waals surface area contributed by atoms with Crippen molar-refractivity contribution in [2.75, 3.05) is 18.0 Å². The molecule has 2 unspecified atom stereocenters. The van der Waals surface area contributed by atoms with E-state index < -0.39 is 0 Å². The van der Waals surface area contributed by atoms with E-state index in [0.717, 1.165) is 46.4 Å². The standard InChI is InChI=1S/C24H26FN5OS/c1-16-9-17(2)13-29(12-16)23-27-28-24(30(23)14-21-6-4-8-31-21)32-15-19-11-20(25)10-18-5-3-7-26-22(18)19/h3-8,10-11,16-17H,9,12-15H2,1-2H3. The maximum Gasteiger partial charge on any atom is 0.228 e. The van der Waals surface area contributed by atoms with Crippen molar-refractivity contribution in [3.8, 4) is 0 Å². The van der Waals surface area contributed by atoms with E-state index in [1.54, 1.807) is 30.3 Å². The molecule has 2 atom stereocenters. The summed E-state index contributed by atoms with van der Waals surface area (Å²) in [6.07, 6.45) is 4.65. The van der Waals surface area contributed by atoms with Crippen LogP contribution in [0.1, 0.15) is 31.6 Å². The Bertz CT molecular complexity index is 1200. The minimum Gasteiger partial charge on any atom is -0.467 e. The van der Waals surface area contributed by atoms with E-state index in [0.29, 0.717) is 24.1 Å². The van der Waals surface area contributed by atoms with E-state index in [2.05, 4.69) is 38.5 Å². The van der Waals surface area contributed by atoms with Crippen LogP contribution in [0, 0.1) is 17.7 Å². The van der Waals surface area contributed by atoms with Gasteiger partial charge >= 0.3 is 0 Å². The molecule has 166 valence electrons. The van der Waals surface area contributed by atoms with Gasteiger partial charge in [0.2, 0.25) is 5.95 Å². The number of piperidine rings is 1. The molecule has 0 spiro atoms. The number of thioether (sulfide) groups is 1. The Morgan fingerprint density at radius 2 is 1.97 bits per heavy atom. The minimum atomic E-state index is -0.255. The third-order valence-electron chi connectivity index (χ3n) is 5.85. The van der Waals surface area contributed by atoms with Crippen LogP contribution in [0.25, 0.3) is 10.9 Å². The Hall–Kier alpha value is -2.87. The maximum absolute atomic E-state index is 14.2. The molecule has 1 aliphatic heterocycles. The third-order valence-corrected chi connectivity index (χ3v) is 6.86. The summed E-state index contributed by atoms with van der Waals surface area (Å²) in [7, 11) is 0. The number of halogens is 1. The molecule has 32 heavy (non-hydrogen) atoms. The Labute approximate surface area is 190 Å². The molecule has 0 bridgehead atoms. The number of rotatable bonds is 6. The normalized spacial score (nSPS) is 19.0. The first kappa shape index (κ1) is 21.0. The maximum atomic E-state index is 14.2. The lowest BCUT2D eigenvalue weighted by molar-refractivity contribution is 0.350. The number of pyridine rings is 1. The van der Waals surface area contributed by atoms with Crippen molar-refractivity contribution in [1.82, 2.24) is 19.7 Å². The molecule has 4 aromatic rings. The zero-order valence-corrected chi connectivity index (χ0v) is 19.1. The van der Waals surface area contributed by atoms with E-state index in [1.807, 2.05) is 24.3 Å². The number of anilines is 1. The summed E-state index contributed by atoms with van der Waals surface area (Å²) < 4.78 is 21.9. The molecule has 0 radical (unpaired) electrons. The van der Waals surface area contributed by atoms with Crippen LogP contribution in [0.4, 0.5) is 10.3 Å². The molecule has 0 amide bonds. The van der Waals surface area contributed by atoms with Crippen LogP contribution >= 0.6 is 11.8 Å². The lowest BCUT2D eigenvalue weighted by atomic mass is 9.92. The molecule has 1 saturated heterocycles. The molecule has 3 aromatic heterocycles. The van der Waals surface area contributed by atoms with Crippen molar-refractivity contribution in [2.45, 2.75) is 37.7 Å². The van der Waals surface area contributed by atoms with Gasteiger partial charge in [0.15, 0.2) is 5.16 Å². The van der Waals surface area contributed by atoms with Crippen LogP contribution in [0.15, 0.2) is 58.4 Å². The Morgan fingerprint density at radius 3 is 2.75 bits per heavy atom. The van der Waals surface area contributed by atoms with Gasteiger partial charge in [0.05, 0.1) is 18.3 Å². The highest BCUT2D eigenvalue weighted by atomic mass is 32.2. The van der Waals surface area contributed by atoms with Gasteiger partial charge in [-0.15, -0.1) is 10.2 Å². The van der Waals surface area contributed by atoms with Crippen LogP contribution < -0.4 is 4.90 Å². The molecule has 1 aliphatic rings. The molecule has 8 heteroatoms. The molecule has 0 aliphatic carbocycles. The van der Waals surface area contributed by atoms with Crippen molar-refractivity contribution >= 4 is 28.6 Å². The zero-order chi connectivity index (χ0) is 22.1. The van der Waals surface area contributed by atoms with Crippen molar-refractivity contribution in [3.63, 3.8) is 0 Å². The summed E-state index contributed by atoms with van der Waals surface area (Å²) in [5.74, 6) is 3.22. The molecule has 5 rings (SSSR count). The number of fused-ring (bicyclic) bond motifs is 1. The first-order valence-electron chi connectivity index (χ1n) is 10.9. The lowest BCUT2D eigenvalue weighted by Crippen LogP contribution is -2.40. The van der Waals surface area contributed by atoms with Gasteiger partial charge in [0.25, 0.3) is 0 Å².